The molecule has 0 aliphatic rings. The first-order chi connectivity index (χ1) is 18.3. The molecule has 196 valence electrons. The van der Waals surface area contributed by atoms with Gasteiger partial charge in [0.15, 0.2) is 0 Å². The summed E-state index contributed by atoms with van der Waals surface area (Å²) in [5, 5.41) is 4.92. The fourth-order valence-corrected chi connectivity index (χ4v) is 5.54. The molecule has 1 amide bonds. The summed E-state index contributed by atoms with van der Waals surface area (Å²) in [6.07, 6.45) is 4.47. The number of nitrogens with one attached hydrogen (secondary N) is 1. The number of benzene rings is 3. The quantitative estimate of drug-likeness (QED) is 0.177. The van der Waals surface area contributed by atoms with Crippen LogP contribution in [0, 0.1) is 5.92 Å². The summed E-state index contributed by atoms with van der Waals surface area (Å²) in [5.41, 5.74) is 2.09. The van der Waals surface area contributed by atoms with Crippen LogP contribution in [-0.2, 0) is 37.3 Å². The van der Waals surface area contributed by atoms with Crippen LogP contribution in [0.5, 0.6) is 0 Å². The third kappa shape index (κ3) is 6.36. The van der Waals surface area contributed by atoms with E-state index in [9.17, 15) is 18.0 Å². The highest BCUT2D eigenvalue weighted by Gasteiger charge is 2.34. The van der Waals surface area contributed by atoms with Crippen LogP contribution >= 0.6 is 0 Å². The largest absolute Gasteiger partial charge is 0.465 e. The van der Waals surface area contributed by atoms with Gasteiger partial charge in [0.1, 0.15) is 11.2 Å². The second-order valence-electron chi connectivity index (χ2n) is 8.81. The molecular formula is C29H29N3O5S. The summed E-state index contributed by atoms with van der Waals surface area (Å²) in [5.74, 6) is -3.15. The van der Waals surface area contributed by atoms with Gasteiger partial charge in [-0.25, -0.2) is 8.42 Å². The number of hydrogen-bond acceptors (Lipinski definition) is 6. The zero-order valence-electron chi connectivity index (χ0n) is 21.0. The Balaban J connectivity index is 1.53. The number of carbonyl (C=O) groups excluding carboxylic acids is 2. The molecule has 4 aromatic rings. The molecule has 0 bridgehead atoms. The maximum Gasteiger partial charge on any atom is 0.318 e. The smallest absolute Gasteiger partial charge is 0.318 e. The van der Waals surface area contributed by atoms with E-state index in [1.807, 2.05) is 60.7 Å². The van der Waals surface area contributed by atoms with E-state index in [1.54, 1.807) is 36.1 Å². The molecule has 0 fully saturated rings. The molecule has 0 spiro atoms. The van der Waals surface area contributed by atoms with Crippen LogP contribution in [0.3, 0.4) is 0 Å². The van der Waals surface area contributed by atoms with Gasteiger partial charge in [-0.2, -0.15) is 5.10 Å². The lowest BCUT2D eigenvalue weighted by Gasteiger charge is -2.19. The van der Waals surface area contributed by atoms with Gasteiger partial charge in [0, 0.05) is 6.20 Å². The first-order valence-corrected chi connectivity index (χ1v) is 13.7. The predicted octanol–water partition coefficient (Wildman–Crippen LogP) is 4.18. The molecule has 0 aliphatic heterocycles. The highest BCUT2D eigenvalue weighted by molar-refractivity contribution is 7.90. The van der Waals surface area contributed by atoms with Crippen LogP contribution in [-0.4, -0.2) is 36.7 Å². The topological polar surface area (TPSA) is 107 Å². The van der Waals surface area contributed by atoms with Gasteiger partial charge in [0.05, 0.1) is 19.3 Å². The van der Waals surface area contributed by atoms with Crippen molar-refractivity contribution < 1.29 is 22.7 Å². The average molecular weight is 532 g/mol. The zero-order valence-corrected chi connectivity index (χ0v) is 21.8. The van der Waals surface area contributed by atoms with Gasteiger partial charge in [0.2, 0.25) is 15.9 Å². The van der Waals surface area contributed by atoms with Gasteiger partial charge in [0.25, 0.3) is 0 Å². The molecule has 0 aliphatic carbocycles. The summed E-state index contributed by atoms with van der Waals surface area (Å²) in [4.78, 5) is 25.9. The molecule has 1 N–H and O–H groups in total. The summed E-state index contributed by atoms with van der Waals surface area (Å²) in [6, 6.07) is 22.5. The van der Waals surface area contributed by atoms with E-state index >= 15 is 0 Å². The van der Waals surface area contributed by atoms with Crippen molar-refractivity contribution in [2.75, 3.05) is 6.61 Å². The monoisotopic (exact) mass is 531 g/mol. The van der Waals surface area contributed by atoms with E-state index in [1.165, 1.54) is 6.08 Å². The first kappa shape index (κ1) is 26.8. The Labute approximate surface area is 222 Å². The van der Waals surface area contributed by atoms with E-state index in [4.69, 9.17) is 4.74 Å². The number of rotatable bonds is 11. The summed E-state index contributed by atoms with van der Waals surface area (Å²) >= 11 is 0. The fraction of sp³-hybridized carbons (Fsp3) is 0.207. The van der Waals surface area contributed by atoms with Crippen LogP contribution in [0.1, 0.15) is 28.9 Å². The molecular weight excluding hydrogens is 502 g/mol. The summed E-state index contributed by atoms with van der Waals surface area (Å²) in [7, 11) is -4.26. The Morgan fingerprint density at radius 3 is 2.45 bits per heavy atom. The molecule has 1 heterocycles. The number of aromatic nitrogens is 2. The summed E-state index contributed by atoms with van der Waals surface area (Å²) < 4.78 is 35.4. The number of sulfonamides is 1. The second-order valence-corrected chi connectivity index (χ2v) is 10.6. The lowest BCUT2D eigenvalue weighted by atomic mass is 10.0. The third-order valence-electron chi connectivity index (χ3n) is 6.09. The van der Waals surface area contributed by atoms with E-state index < -0.39 is 33.1 Å². The minimum absolute atomic E-state index is 0.0506. The molecule has 8 nitrogen and oxygen atoms in total. The Hall–Kier alpha value is -4.24. The molecule has 38 heavy (non-hydrogen) atoms. The van der Waals surface area contributed by atoms with Crippen LogP contribution in [0.4, 0.5) is 0 Å². The third-order valence-corrected chi connectivity index (χ3v) is 7.71. The standard InChI is InChI=1S/C29H29N3O5S/c1-3-27(25-15-14-23-12-8-9-13-24(23)17-25)38(35,36)31-28(33)26(29(34)37-4-2)16-22-18-30-32(20-22)19-21-10-6-5-7-11-21/h3,5-15,17-18,20,26-27H,1,4,16,19H2,2H3,(H,31,33). The molecule has 0 radical (unpaired) electrons. The van der Waals surface area contributed by atoms with Crippen molar-refractivity contribution in [1.29, 1.82) is 0 Å². The highest BCUT2D eigenvalue weighted by Crippen LogP contribution is 2.27. The molecule has 0 saturated heterocycles. The van der Waals surface area contributed by atoms with E-state index in [2.05, 4.69) is 16.4 Å². The van der Waals surface area contributed by atoms with E-state index in [0.717, 1.165) is 16.3 Å². The minimum Gasteiger partial charge on any atom is -0.465 e. The number of ether oxygens (including phenoxy) is 1. The number of esters is 1. The van der Waals surface area contributed by atoms with Crippen LogP contribution in [0.2, 0.25) is 0 Å². The van der Waals surface area contributed by atoms with Gasteiger partial charge in [-0.1, -0.05) is 72.8 Å². The number of carbonyl (C=O) groups is 2. The molecule has 3 aromatic carbocycles. The number of nitrogens with zero attached hydrogens (tertiary/aromatic N) is 2. The van der Waals surface area contributed by atoms with Crippen molar-refractivity contribution in [1.82, 2.24) is 14.5 Å². The molecule has 2 unspecified atom stereocenters. The Morgan fingerprint density at radius 2 is 1.74 bits per heavy atom. The molecule has 1 aromatic heterocycles. The zero-order chi connectivity index (χ0) is 27.1. The molecule has 2 atom stereocenters. The molecule has 0 saturated carbocycles. The van der Waals surface area contributed by atoms with Gasteiger partial charge in [-0.05, 0) is 46.9 Å². The Bertz CT molecular complexity index is 1550. The Morgan fingerprint density at radius 1 is 1.03 bits per heavy atom. The van der Waals surface area contributed by atoms with Crippen LogP contribution in [0.25, 0.3) is 10.8 Å². The highest BCUT2D eigenvalue weighted by atomic mass is 32.2. The SMILES string of the molecule is C=CC(c1ccc2ccccc2c1)S(=O)(=O)NC(=O)C(Cc1cnn(Cc2ccccc2)c1)C(=O)OCC. The van der Waals surface area contributed by atoms with Gasteiger partial charge < -0.3 is 4.74 Å². The van der Waals surface area contributed by atoms with Crippen molar-refractivity contribution in [3.8, 4) is 0 Å². The van der Waals surface area contributed by atoms with Crippen LogP contribution in [0.15, 0.2) is 97.8 Å². The Kier molecular flexibility index (Phi) is 8.38. The maximum absolute atomic E-state index is 13.3. The lowest BCUT2D eigenvalue weighted by molar-refractivity contribution is -0.151. The van der Waals surface area contributed by atoms with Gasteiger partial charge in [-0.3, -0.25) is 19.0 Å². The van der Waals surface area contributed by atoms with Crippen molar-refractivity contribution in [2.24, 2.45) is 5.92 Å². The summed E-state index contributed by atoms with van der Waals surface area (Å²) in [6.45, 7) is 5.85. The van der Waals surface area contributed by atoms with Crippen molar-refractivity contribution in [3.63, 3.8) is 0 Å². The normalized spacial score (nSPS) is 13.0. The average Bonchev–Trinajstić information content (AvgIpc) is 3.34. The van der Waals surface area contributed by atoms with Crippen molar-refractivity contribution in [2.45, 2.75) is 25.1 Å². The fourth-order valence-electron chi connectivity index (χ4n) is 4.23. The second kappa shape index (κ2) is 11.9. The number of fused-ring (bicyclic) bond motifs is 1. The minimum atomic E-state index is -4.26. The predicted molar refractivity (Wildman–Crippen MR) is 146 cm³/mol. The van der Waals surface area contributed by atoms with E-state index in [0.29, 0.717) is 17.7 Å². The van der Waals surface area contributed by atoms with Crippen molar-refractivity contribution >= 4 is 32.7 Å². The van der Waals surface area contributed by atoms with Gasteiger partial charge >= 0.3 is 5.97 Å². The maximum atomic E-state index is 13.3. The first-order valence-electron chi connectivity index (χ1n) is 12.2. The molecule has 9 heteroatoms. The van der Waals surface area contributed by atoms with Crippen LogP contribution < -0.4 is 4.72 Å². The van der Waals surface area contributed by atoms with E-state index in [-0.39, 0.29) is 13.0 Å². The molecule has 4 rings (SSSR count). The van der Waals surface area contributed by atoms with Gasteiger partial charge in [-0.15, -0.1) is 6.58 Å². The number of amides is 1. The number of hydrogen-bond donors (Lipinski definition) is 1. The van der Waals surface area contributed by atoms with Crippen molar-refractivity contribution in [3.05, 3.63) is 115 Å². The lowest BCUT2D eigenvalue weighted by Crippen LogP contribution is -2.42.